The Labute approximate surface area is 179 Å². The highest BCUT2D eigenvalue weighted by molar-refractivity contribution is 7.98. The van der Waals surface area contributed by atoms with Crippen LogP contribution in [0.5, 0.6) is 0 Å². The minimum atomic E-state index is -0.379. The monoisotopic (exact) mass is 428 g/mol. The second-order valence-electron chi connectivity index (χ2n) is 8.98. The molecule has 0 bridgehead atoms. The zero-order chi connectivity index (χ0) is 20.7. The van der Waals surface area contributed by atoms with Crippen molar-refractivity contribution >= 4 is 23.4 Å². The zero-order valence-electron chi connectivity index (χ0n) is 18.2. The number of unbranched alkanes of at least 4 members (excludes halogenated alkanes) is 3. The summed E-state index contributed by atoms with van der Waals surface area (Å²) in [7, 11) is 0. The lowest BCUT2D eigenvalue weighted by Crippen LogP contribution is -2.37. The van der Waals surface area contributed by atoms with Crippen molar-refractivity contribution in [2.75, 3.05) is 19.5 Å². The predicted octanol–water partition coefficient (Wildman–Crippen LogP) is 6.24. The van der Waals surface area contributed by atoms with Gasteiger partial charge in [-0.2, -0.15) is 5.10 Å². The molecular weight excluding hydrogens is 392 g/mol. The van der Waals surface area contributed by atoms with Crippen LogP contribution in [0.25, 0.3) is 0 Å². The van der Waals surface area contributed by atoms with Crippen LogP contribution in [0.2, 0.25) is 5.02 Å². The molecule has 1 saturated carbocycles. The van der Waals surface area contributed by atoms with Crippen LogP contribution in [-0.4, -0.2) is 29.3 Å². The normalized spacial score (nSPS) is 20.5. The Hall–Kier alpha value is -0.520. The van der Waals surface area contributed by atoms with Gasteiger partial charge in [0, 0.05) is 18.8 Å². The fourth-order valence-electron chi connectivity index (χ4n) is 3.95. The van der Waals surface area contributed by atoms with E-state index in [1.54, 1.807) is 11.8 Å². The van der Waals surface area contributed by atoms with Gasteiger partial charge in [0.1, 0.15) is 10.0 Å². The minimum Gasteiger partial charge on any atom is -0.381 e. The molecule has 1 fully saturated rings. The van der Waals surface area contributed by atoms with Gasteiger partial charge in [-0.25, -0.2) is 4.68 Å². The van der Waals surface area contributed by atoms with Crippen LogP contribution in [0.15, 0.2) is 9.82 Å². The highest BCUT2D eigenvalue weighted by atomic mass is 35.5. The summed E-state index contributed by atoms with van der Waals surface area (Å²) in [5, 5.41) is 5.92. The van der Waals surface area contributed by atoms with E-state index in [9.17, 15) is 4.79 Å². The minimum absolute atomic E-state index is 0.167. The molecule has 0 unspecified atom stereocenters. The molecule has 0 aromatic carbocycles. The number of thioether (sulfide) groups is 1. The molecule has 4 nitrogen and oxygen atoms in total. The Morgan fingerprint density at radius 2 is 1.86 bits per heavy atom. The summed E-state index contributed by atoms with van der Waals surface area (Å²) in [5.41, 5.74) is 0.425. The lowest BCUT2D eigenvalue weighted by Gasteiger charge is -2.31. The summed E-state index contributed by atoms with van der Waals surface area (Å²) in [4.78, 5) is 12.8. The van der Waals surface area contributed by atoms with Gasteiger partial charge in [0.25, 0.3) is 5.56 Å². The van der Waals surface area contributed by atoms with Gasteiger partial charge in [0.05, 0.1) is 5.54 Å². The molecule has 1 aromatic heterocycles. The van der Waals surface area contributed by atoms with Crippen molar-refractivity contribution in [3.05, 3.63) is 20.9 Å². The summed E-state index contributed by atoms with van der Waals surface area (Å²) >= 11 is 8.18. The number of halogens is 1. The molecule has 28 heavy (non-hydrogen) atoms. The molecule has 0 saturated heterocycles. The van der Waals surface area contributed by atoms with Crippen molar-refractivity contribution in [3.8, 4) is 0 Å². The summed E-state index contributed by atoms with van der Waals surface area (Å²) in [6, 6.07) is 0. The molecule has 1 heterocycles. The maximum absolute atomic E-state index is 12.8. The van der Waals surface area contributed by atoms with Crippen molar-refractivity contribution < 1.29 is 4.74 Å². The van der Waals surface area contributed by atoms with Gasteiger partial charge in [-0.1, -0.05) is 37.8 Å². The Bertz CT molecular complexity index is 676. The highest BCUT2D eigenvalue weighted by Gasteiger charge is 2.30. The van der Waals surface area contributed by atoms with Gasteiger partial charge < -0.3 is 4.74 Å². The molecule has 1 aliphatic rings. The summed E-state index contributed by atoms with van der Waals surface area (Å²) in [6.07, 6.45) is 11.4. The van der Waals surface area contributed by atoms with Crippen LogP contribution in [0.3, 0.4) is 0 Å². The van der Waals surface area contributed by atoms with Crippen molar-refractivity contribution in [2.45, 2.75) is 95.5 Å². The fraction of sp³-hybridized carbons (Fsp3) is 0.818. The first-order valence-electron chi connectivity index (χ1n) is 10.7. The molecular formula is C22H37ClN2O2S. The second kappa shape index (κ2) is 11.0. The third kappa shape index (κ3) is 6.24. The number of hydrogen-bond acceptors (Lipinski definition) is 4. The number of aromatic nitrogens is 2. The molecule has 2 rings (SSSR count). The van der Waals surface area contributed by atoms with Gasteiger partial charge in [-0.3, -0.25) is 4.79 Å². The highest BCUT2D eigenvalue weighted by Crippen LogP contribution is 2.41. The van der Waals surface area contributed by atoms with Crippen LogP contribution >= 0.6 is 23.4 Å². The maximum Gasteiger partial charge on any atom is 0.286 e. The van der Waals surface area contributed by atoms with E-state index in [4.69, 9.17) is 16.3 Å². The molecule has 0 atom stereocenters. The van der Waals surface area contributed by atoms with E-state index in [-0.39, 0.29) is 11.1 Å². The molecule has 0 radical (unpaired) electrons. The van der Waals surface area contributed by atoms with E-state index in [1.807, 2.05) is 27.0 Å². The quantitative estimate of drug-likeness (QED) is 0.344. The predicted molar refractivity (Wildman–Crippen MR) is 120 cm³/mol. The molecule has 1 aromatic rings. The molecule has 0 spiro atoms. The van der Waals surface area contributed by atoms with Gasteiger partial charge >= 0.3 is 0 Å². The average Bonchev–Trinajstić information content (AvgIpc) is 2.66. The van der Waals surface area contributed by atoms with Gasteiger partial charge in [-0.05, 0) is 71.0 Å². The number of ether oxygens (including phenoxy) is 1. The second-order valence-corrected chi connectivity index (χ2v) is 10.2. The lowest BCUT2D eigenvalue weighted by atomic mass is 9.79. The van der Waals surface area contributed by atoms with Crippen molar-refractivity contribution in [1.29, 1.82) is 0 Å². The lowest BCUT2D eigenvalue weighted by molar-refractivity contribution is 0.0798. The number of hydrogen-bond donors (Lipinski definition) is 0. The molecule has 1 aliphatic carbocycles. The van der Waals surface area contributed by atoms with Crippen LogP contribution in [0, 0.1) is 5.92 Å². The molecule has 0 amide bonds. The summed E-state index contributed by atoms with van der Waals surface area (Å²) < 4.78 is 7.44. The smallest absolute Gasteiger partial charge is 0.286 e. The van der Waals surface area contributed by atoms with E-state index >= 15 is 0 Å². The maximum atomic E-state index is 12.8. The Morgan fingerprint density at radius 3 is 2.43 bits per heavy atom. The van der Waals surface area contributed by atoms with E-state index < -0.39 is 0 Å². The van der Waals surface area contributed by atoms with Crippen molar-refractivity contribution in [3.63, 3.8) is 0 Å². The van der Waals surface area contributed by atoms with Crippen LogP contribution in [-0.2, 0) is 10.3 Å². The van der Waals surface area contributed by atoms with Gasteiger partial charge in [0.15, 0.2) is 0 Å². The van der Waals surface area contributed by atoms with Crippen molar-refractivity contribution in [2.24, 2.45) is 5.92 Å². The fourth-order valence-corrected chi connectivity index (χ4v) is 4.98. The SMILES string of the molecule is CCCCCCOCC1CCC(c2c(SC)nn(C(C)(C)C)c(=O)c2Cl)CC1. The standard InChI is InChI=1S/C22H37ClN2O2S/c1-6-7-8-9-14-27-15-16-10-12-17(13-11-16)18-19(23)21(26)25(22(2,3)4)24-20(18)28-5/h16-17H,6-15H2,1-5H3. The van der Waals surface area contributed by atoms with Crippen LogP contribution in [0.4, 0.5) is 0 Å². The van der Waals surface area contributed by atoms with E-state index in [1.165, 1.54) is 30.4 Å². The van der Waals surface area contributed by atoms with E-state index in [0.717, 1.165) is 49.5 Å². The summed E-state index contributed by atoms with van der Waals surface area (Å²) in [5.74, 6) is 0.951. The third-order valence-electron chi connectivity index (χ3n) is 5.62. The Morgan fingerprint density at radius 1 is 1.18 bits per heavy atom. The first-order chi connectivity index (χ1) is 13.3. The zero-order valence-corrected chi connectivity index (χ0v) is 19.8. The third-order valence-corrected chi connectivity index (χ3v) is 6.67. The molecule has 6 heteroatoms. The largest absolute Gasteiger partial charge is 0.381 e. The van der Waals surface area contributed by atoms with Crippen molar-refractivity contribution in [1.82, 2.24) is 9.78 Å². The molecule has 0 aliphatic heterocycles. The Kier molecular flexibility index (Phi) is 9.36. The average molecular weight is 429 g/mol. The summed E-state index contributed by atoms with van der Waals surface area (Å²) in [6.45, 7) is 9.93. The van der Waals surface area contributed by atoms with Gasteiger partial charge in [-0.15, -0.1) is 11.8 Å². The van der Waals surface area contributed by atoms with Gasteiger partial charge in [0.2, 0.25) is 0 Å². The van der Waals surface area contributed by atoms with Crippen LogP contribution < -0.4 is 5.56 Å². The van der Waals surface area contributed by atoms with E-state index in [0.29, 0.717) is 16.9 Å². The molecule has 0 N–H and O–H groups in total. The first kappa shape index (κ1) is 23.8. The first-order valence-corrected chi connectivity index (χ1v) is 12.3. The number of rotatable bonds is 9. The topological polar surface area (TPSA) is 44.1 Å². The molecule has 160 valence electrons. The number of nitrogens with zero attached hydrogens (tertiary/aromatic N) is 2. The Balaban J connectivity index is 1.99. The van der Waals surface area contributed by atoms with Crippen LogP contribution in [0.1, 0.15) is 90.5 Å². The van der Waals surface area contributed by atoms with E-state index in [2.05, 4.69) is 12.0 Å².